The van der Waals surface area contributed by atoms with Crippen LogP contribution in [0.4, 0.5) is 5.82 Å². The van der Waals surface area contributed by atoms with E-state index in [-0.39, 0.29) is 17.7 Å². The first-order chi connectivity index (χ1) is 12.7. The number of aryl methyl sites for hydroxylation is 3. The maximum absolute atomic E-state index is 12.5. The normalized spacial score (nSPS) is 11.6. The lowest BCUT2D eigenvalue weighted by Crippen LogP contribution is -2.16. The Hall–Kier alpha value is -2.96. The summed E-state index contributed by atoms with van der Waals surface area (Å²) in [6.07, 6.45) is 0.655. The summed E-state index contributed by atoms with van der Waals surface area (Å²) in [5, 5.41) is 11.5. The Morgan fingerprint density at radius 2 is 1.96 bits per heavy atom. The van der Waals surface area contributed by atoms with Gasteiger partial charge in [0.25, 0.3) is 0 Å². The first-order valence-corrected chi connectivity index (χ1v) is 8.99. The van der Waals surface area contributed by atoms with Gasteiger partial charge in [-0.15, -0.1) is 0 Å². The van der Waals surface area contributed by atoms with E-state index in [1.165, 1.54) is 0 Å². The number of benzene rings is 1. The fourth-order valence-electron chi connectivity index (χ4n) is 2.69. The van der Waals surface area contributed by atoms with Crippen molar-refractivity contribution in [3.05, 3.63) is 53.3 Å². The van der Waals surface area contributed by atoms with Crippen LogP contribution in [0.15, 0.2) is 34.9 Å². The largest absolute Gasteiger partial charge is 0.339 e. The van der Waals surface area contributed by atoms with Gasteiger partial charge in [-0.05, 0) is 25.5 Å². The lowest BCUT2D eigenvalue weighted by atomic mass is 9.92. The summed E-state index contributed by atoms with van der Waals surface area (Å²) >= 11 is 0. The molecular formula is C20H25N5O2. The van der Waals surface area contributed by atoms with E-state index in [1.807, 2.05) is 37.3 Å². The standard InChI is InChI=1S/C20H25N5O2/c1-13-8-6-7-9-15(13)25-17(12-16(23-25)20(3,4)5)22-18(26)10-11-19-21-14(2)24-27-19/h6-9,12H,10-11H2,1-5H3,(H,22,26). The van der Waals surface area contributed by atoms with E-state index >= 15 is 0 Å². The van der Waals surface area contributed by atoms with Gasteiger partial charge < -0.3 is 9.84 Å². The maximum Gasteiger partial charge on any atom is 0.227 e. The summed E-state index contributed by atoms with van der Waals surface area (Å²) in [6.45, 7) is 10.1. The summed E-state index contributed by atoms with van der Waals surface area (Å²) in [5.74, 6) is 1.56. The van der Waals surface area contributed by atoms with Crippen molar-refractivity contribution in [3.63, 3.8) is 0 Å². The molecule has 0 atom stereocenters. The molecule has 27 heavy (non-hydrogen) atoms. The first kappa shape index (κ1) is 18.8. The number of aromatic nitrogens is 4. The molecule has 0 saturated heterocycles. The van der Waals surface area contributed by atoms with Gasteiger partial charge in [0.2, 0.25) is 11.8 Å². The molecule has 0 aliphatic heterocycles. The van der Waals surface area contributed by atoms with Crippen LogP contribution in [0.5, 0.6) is 0 Å². The summed E-state index contributed by atoms with van der Waals surface area (Å²) in [7, 11) is 0. The van der Waals surface area contributed by atoms with E-state index in [9.17, 15) is 4.79 Å². The zero-order valence-electron chi connectivity index (χ0n) is 16.4. The van der Waals surface area contributed by atoms with Crippen molar-refractivity contribution in [3.8, 4) is 5.69 Å². The van der Waals surface area contributed by atoms with Crippen molar-refractivity contribution in [1.29, 1.82) is 0 Å². The summed E-state index contributed by atoms with van der Waals surface area (Å²) in [4.78, 5) is 16.6. The lowest BCUT2D eigenvalue weighted by molar-refractivity contribution is -0.116. The third kappa shape index (κ3) is 4.42. The highest BCUT2D eigenvalue weighted by molar-refractivity contribution is 5.90. The second-order valence-electron chi connectivity index (χ2n) is 7.65. The van der Waals surface area contributed by atoms with Gasteiger partial charge in [0.1, 0.15) is 5.82 Å². The lowest BCUT2D eigenvalue weighted by Gasteiger charge is -2.14. The highest BCUT2D eigenvalue weighted by Gasteiger charge is 2.22. The molecule has 0 bridgehead atoms. The molecule has 0 aliphatic rings. The molecule has 0 spiro atoms. The van der Waals surface area contributed by atoms with E-state index in [4.69, 9.17) is 9.62 Å². The van der Waals surface area contributed by atoms with Gasteiger partial charge in [-0.2, -0.15) is 10.1 Å². The van der Waals surface area contributed by atoms with E-state index in [1.54, 1.807) is 11.6 Å². The number of nitrogens with one attached hydrogen (secondary N) is 1. The van der Waals surface area contributed by atoms with Crippen LogP contribution in [0.1, 0.15) is 50.2 Å². The first-order valence-electron chi connectivity index (χ1n) is 8.99. The van der Waals surface area contributed by atoms with Gasteiger partial charge in [-0.3, -0.25) is 4.79 Å². The Morgan fingerprint density at radius 1 is 1.22 bits per heavy atom. The minimum absolute atomic E-state index is 0.124. The molecular weight excluding hydrogens is 342 g/mol. The highest BCUT2D eigenvalue weighted by Crippen LogP contribution is 2.27. The predicted octanol–water partition coefficient (Wildman–Crippen LogP) is 3.74. The van der Waals surface area contributed by atoms with Crippen LogP contribution >= 0.6 is 0 Å². The highest BCUT2D eigenvalue weighted by atomic mass is 16.5. The Balaban J connectivity index is 1.84. The number of hydrogen-bond acceptors (Lipinski definition) is 5. The molecule has 0 unspecified atom stereocenters. The number of para-hydroxylation sites is 1. The Morgan fingerprint density at radius 3 is 2.59 bits per heavy atom. The number of rotatable bonds is 5. The zero-order chi connectivity index (χ0) is 19.6. The van der Waals surface area contributed by atoms with E-state index in [0.29, 0.717) is 24.0 Å². The molecule has 2 aromatic heterocycles. The number of hydrogen-bond donors (Lipinski definition) is 1. The summed E-state index contributed by atoms with van der Waals surface area (Å²) < 4.78 is 6.86. The van der Waals surface area contributed by atoms with E-state index < -0.39 is 0 Å². The molecule has 0 radical (unpaired) electrons. The SMILES string of the molecule is Cc1noc(CCC(=O)Nc2cc(C(C)(C)C)nn2-c2ccccc2C)n1. The van der Waals surface area contributed by atoms with Crippen LogP contribution in [0.3, 0.4) is 0 Å². The molecule has 1 amide bonds. The molecule has 0 fully saturated rings. The maximum atomic E-state index is 12.5. The van der Waals surface area contributed by atoms with E-state index in [0.717, 1.165) is 16.9 Å². The topological polar surface area (TPSA) is 85.8 Å². The molecule has 1 aromatic carbocycles. The van der Waals surface area contributed by atoms with Gasteiger partial charge in [-0.1, -0.05) is 44.1 Å². The zero-order valence-corrected chi connectivity index (χ0v) is 16.4. The monoisotopic (exact) mass is 367 g/mol. The third-order valence-corrected chi connectivity index (χ3v) is 4.22. The fraction of sp³-hybridized carbons (Fsp3) is 0.400. The van der Waals surface area contributed by atoms with Gasteiger partial charge in [0.05, 0.1) is 11.4 Å². The average Bonchev–Trinajstić information content (AvgIpc) is 3.19. The van der Waals surface area contributed by atoms with Gasteiger partial charge in [0, 0.05) is 24.3 Å². The molecule has 0 saturated carbocycles. The second kappa shape index (κ2) is 7.34. The molecule has 142 valence electrons. The van der Waals surface area contributed by atoms with Gasteiger partial charge in [0.15, 0.2) is 5.82 Å². The molecule has 7 heteroatoms. The quantitative estimate of drug-likeness (QED) is 0.742. The minimum atomic E-state index is -0.130. The van der Waals surface area contributed by atoms with Crippen LogP contribution in [0.2, 0.25) is 0 Å². The van der Waals surface area contributed by atoms with Crippen molar-refractivity contribution in [2.24, 2.45) is 0 Å². The van der Waals surface area contributed by atoms with Gasteiger partial charge in [-0.25, -0.2) is 4.68 Å². The number of nitrogens with zero attached hydrogens (tertiary/aromatic N) is 4. The van der Waals surface area contributed by atoms with Crippen molar-refractivity contribution in [2.45, 2.75) is 52.9 Å². The van der Waals surface area contributed by atoms with Crippen molar-refractivity contribution in [2.75, 3.05) is 5.32 Å². The Kier molecular flexibility index (Phi) is 5.12. The molecule has 2 heterocycles. The number of anilines is 1. The van der Waals surface area contributed by atoms with Crippen molar-refractivity contribution in [1.82, 2.24) is 19.9 Å². The number of carbonyl (C=O) groups is 1. The molecule has 1 N–H and O–H groups in total. The molecule has 7 nitrogen and oxygen atoms in total. The van der Waals surface area contributed by atoms with Crippen LogP contribution < -0.4 is 5.32 Å². The van der Waals surface area contributed by atoms with Crippen LogP contribution in [-0.4, -0.2) is 25.8 Å². The van der Waals surface area contributed by atoms with Crippen molar-refractivity contribution >= 4 is 11.7 Å². The fourth-order valence-corrected chi connectivity index (χ4v) is 2.69. The summed E-state index contributed by atoms with van der Waals surface area (Å²) in [6, 6.07) is 9.89. The smallest absolute Gasteiger partial charge is 0.227 e. The Bertz CT molecular complexity index is 949. The molecule has 0 aliphatic carbocycles. The molecule has 3 rings (SSSR count). The van der Waals surface area contributed by atoms with E-state index in [2.05, 4.69) is 36.2 Å². The van der Waals surface area contributed by atoms with Crippen molar-refractivity contribution < 1.29 is 9.32 Å². The van der Waals surface area contributed by atoms with Gasteiger partial charge >= 0.3 is 0 Å². The van der Waals surface area contributed by atoms with Crippen LogP contribution in [0, 0.1) is 13.8 Å². The molecule has 3 aromatic rings. The average molecular weight is 367 g/mol. The van der Waals surface area contributed by atoms with Crippen LogP contribution in [-0.2, 0) is 16.6 Å². The Labute approximate surface area is 158 Å². The third-order valence-electron chi connectivity index (χ3n) is 4.22. The van der Waals surface area contributed by atoms with Crippen LogP contribution in [0.25, 0.3) is 5.69 Å². The second-order valence-corrected chi connectivity index (χ2v) is 7.65. The number of amides is 1. The minimum Gasteiger partial charge on any atom is -0.339 e. The predicted molar refractivity (Wildman–Crippen MR) is 103 cm³/mol. The number of carbonyl (C=O) groups excluding carboxylic acids is 1. The summed E-state index contributed by atoms with van der Waals surface area (Å²) in [5.41, 5.74) is 2.80.